The molecule has 1 atom stereocenters. The summed E-state index contributed by atoms with van der Waals surface area (Å²) in [7, 11) is 0. The largest absolute Gasteiger partial charge is 0.440 e. The minimum atomic E-state index is -0.0429. The highest BCUT2D eigenvalue weighted by atomic mass is 16.5. The highest BCUT2D eigenvalue weighted by molar-refractivity contribution is 5.77. The molecule has 2 aromatic rings. The molecule has 0 saturated carbocycles. The molecule has 1 N–H and O–H groups in total. The summed E-state index contributed by atoms with van der Waals surface area (Å²) in [5, 5.41) is 3.61. The molecule has 4 nitrogen and oxygen atoms in total. The highest BCUT2D eigenvalue weighted by Crippen LogP contribution is 2.28. The lowest BCUT2D eigenvalue weighted by molar-refractivity contribution is -0.0553. The molecule has 2 heterocycles. The molecule has 114 valence electrons. The van der Waals surface area contributed by atoms with Crippen LogP contribution >= 0.6 is 0 Å². The van der Waals surface area contributed by atoms with Gasteiger partial charge in [-0.25, -0.2) is 4.98 Å². The number of hydrogen-bond acceptors (Lipinski definition) is 4. The minimum Gasteiger partial charge on any atom is -0.440 e. The Morgan fingerprint density at radius 3 is 2.86 bits per heavy atom. The summed E-state index contributed by atoms with van der Waals surface area (Å²) < 4.78 is 11.5. The fourth-order valence-electron chi connectivity index (χ4n) is 2.87. The van der Waals surface area contributed by atoms with Crippen LogP contribution in [0.4, 0.5) is 5.69 Å². The van der Waals surface area contributed by atoms with E-state index in [1.54, 1.807) is 0 Å². The molecule has 1 aliphatic heterocycles. The van der Waals surface area contributed by atoms with Gasteiger partial charge in [-0.1, -0.05) is 13.8 Å². The van der Waals surface area contributed by atoms with E-state index in [9.17, 15) is 0 Å². The number of oxazole rings is 1. The molecule has 4 heteroatoms. The Hall–Kier alpha value is -1.55. The van der Waals surface area contributed by atoms with E-state index in [2.05, 4.69) is 50.1 Å². The van der Waals surface area contributed by atoms with Gasteiger partial charge in [-0.3, -0.25) is 0 Å². The third-order valence-corrected chi connectivity index (χ3v) is 3.97. The first-order chi connectivity index (χ1) is 9.93. The van der Waals surface area contributed by atoms with Crippen LogP contribution in [0.1, 0.15) is 52.3 Å². The van der Waals surface area contributed by atoms with Crippen molar-refractivity contribution in [1.82, 2.24) is 4.98 Å². The number of nitrogens with one attached hydrogen (secondary N) is 1. The summed E-state index contributed by atoms with van der Waals surface area (Å²) in [4.78, 5) is 4.56. The Kier molecular flexibility index (Phi) is 3.66. The topological polar surface area (TPSA) is 47.3 Å². The smallest absolute Gasteiger partial charge is 0.198 e. The van der Waals surface area contributed by atoms with Crippen molar-refractivity contribution in [2.45, 2.75) is 58.1 Å². The van der Waals surface area contributed by atoms with Gasteiger partial charge in [-0.2, -0.15) is 0 Å². The number of nitrogens with zero attached hydrogens (tertiary/aromatic N) is 1. The Balaban J connectivity index is 1.78. The molecular formula is C17H24N2O2. The summed E-state index contributed by atoms with van der Waals surface area (Å²) in [5.74, 6) is 1.11. The Bertz CT molecular complexity index is 631. The third kappa shape index (κ3) is 3.21. The van der Waals surface area contributed by atoms with E-state index in [-0.39, 0.29) is 5.60 Å². The van der Waals surface area contributed by atoms with Crippen LogP contribution in [0.25, 0.3) is 11.1 Å². The molecule has 1 saturated heterocycles. The van der Waals surface area contributed by atoms with Gasteiger partial charge in [0.2, 0.25) is 0 Å². The van der Waals surface area contributed by atoms with Gasteiger partial charge in [-0.15, -0.1) is 0 Å². The Morgan fingerprint density at radius 1 is 1.33 bits per heavy atom. The highest BCUT2D eigenvalue weighted by Gasteiger charge is 2.28. The van der Waals surface area contributed by atoms with E-state index >= 15 is 0 Å². The lowest BCUT2D eigenvalue weighted by Crippen LogP contribution is -2.40. The van der Waals surface area contributed by atoms with Gasteiger partial charge in [-0.05, 0) is 44.9 Å². The van der Waals surface area contributed by atoms with E-state index in [4.69, 9.17) is 9.15 Å². The van der Waals surface area contributed by atoms with E-state index in [0.717, 1.165) is 42.1 Å². The van der Waals surface area contributed by atoms with E-state index in [0.29, 0.717) is 12.0 Å². The van der Waals surface area contributed by atoms with Crippen LogP contribution in [0, 0.1) is 0 Å². The van der Waals surface area contributed by atoms with E-state index < -0.39 is 0 Å². The Labute approximate surface area is 125 Å². The van der Waals surface area contributed by atoms with Crippen molar-refractivity contribution in [1.29, 1.82) is 0 Å². The number of rotatable bonds is 3. The van der Waals surface area contributed by atoms with Crippen LogP contribution < -0.4 is 5.32 Å². The predicted molar refractivity (Wildman–Crippen MR) is 84.8 cm³/mol. The van der Waals surface area contributed by atoms with Crippen LogP contribution in [-0.2, 0) is 4.74 Å². The second-order valence-corrected chi connectivity index (χ2v) is 6.83. The average Bonchev–Trinajstić information content (AvgIpc) is 2.80. The fourth-order valence-corrected chi connectivity index (χ4v) is 2.87. The fraction of sp³-hybridized carbons (Fsp3) is 0.588. The first-order valence-corrected chi connectivity index (χ1v) is 7.74. The van der Waals surface area contributed by atoms with Crippen LogP contribution in [0.2, 0.25) is 0 Å². The van der Waals surface area contributed by atoms with Crippen molar-refractivity contribution >= 4 is 16.8 Å². The van der Waals surface area contributed by atoms with Gasteiger partial charge in [0.05, 0.1) is 5.60 Å². The van der Waals surface area contributed by atoms with Crippen LogP contribution in [0.5, 0.6) is 0 Å². The molecule has 1 fully saturated rings. The van der Waals surface area contributed by atoms with Gasteiger partial charge in [0.1, 0.15) is 5.52 Å². The molecule has 0 bridgehead atoms. The van der Waals surface area contributed by atoms with Crippen LogP contribution in [0.3, 0.4) is 0 Å². The SMILES string of the molecule is CC(C)c1nc2cc(NC3CCOC(C)(C)C3)ccc2o1. The van der Waals surface area contributed by atoms with E-state index in [1.807, 2.05) is 6.07 Å². The number of aromatic nitrogens is 1. The maximum absolute atomic E-state index is 5.77. The molecule has 3 rings (SSSR count). The molecule has 1 unspecified atom stereocenters. The normalized spacial score (nSPS) is 21.9. The maximum atomic E-state index is 5.77. The zero-order valence-electron chi connectivity index (χ0n) is 13.3. The predicted octanol–water partition coefficient (Wildman–Crippen LogP) is 4.32. The molecule has 0 radical (unpaired) electrons. The number of benzene rings is 1. The van der Waals surface area contributed by atoms with Gasteiger partial charge < -0.3 is 14.5 Å². The first kappa shape index (κ1) is 14.4. The molecular weight excluding hydrogens is 264 g/mol. The number of fused-ring (bicyclic) bond motifs is 1. The Morgan fingerprint density at radius 2 is 2.14 bits per heavy atom. The quantitative estimate of drug-likeness (QED) is 0.913. The first-order valence-electron chi connectivity index (χ1n) is 7.74. The average molecular weight is 288 g/mol. The molecule has 0 spiro atoms. The molecule has 1 aromatic heterocycles. The monoisotopic (exact) mass is 288 g/mol. The van der Waals surface area contributed by atoms with Gasteiger partial charge in [0.25, 0.3) is 0 Å². The third-order valence-electron chi connectivity index (χ3n) is 3.97. The molecule has 1 aliphatic rings. The summed E-state index contributed by atoms with van der Waals surface area (Å²) in [6, 6.07) is 6.59. The van der Waals surface area contributed by atoms with Crippen molar-refractivity contribution in [2.24, 2.45) is 0 Å². The lowest BCUT2D eigenvalue weighted by atomic mass is 9.94. The summed E-state index contributed by atoms with van der Waals surface area (Å²) in [6.07, 6.45) is 2.05. The minimum absolute atomic E-state index is 0.0429. The standard InChI is InChI=1S/C17H24N2O2/c1-11(2)16-19-14-9-12(5-6-15(14)21-16)18-13-7-8-20-17(3,4)10-13/h5-6,9,11,13,18H,7-8,10H2,1-4H3. The number of ether oxygens (including phenoxy) is 1. The van der Waals surface area contributed by atoms with Crippen LogP contribution in [-0.4, -0.2) is 23.2 Å². The molecule has 1 aromatic carbocycles. The van der Waals surface area contributed by atoms with E-state index in [1.165, 1.54) is 0 Å². The second-order valence-electron chi connectivity index (χ2n) is 6.83. The molecule has 0 aliphatic carbocycles. The zero-order chi connectivity index (χ0) is 15.0. The number of anilines is 1. The van der Waals surface area contributed by atoms with Crippen molar-refractivity contribution in [3.05, 3.63) is 24.1 Å². The van der Waals surface area contributed by atoms with Gasteiger partial charge >= 0.3 is 0 Å². The second kappa shape index (κ2) is 5.34. The van der Waals surface area contributed by atoms with Gasteiger partial charge in [0, 0.05) is 24.3 Å². The summed E-state index contributed by atoms with van der Waals surface area (Å²) >= 11 is 0. The lowest BCUT2D eigenvalue weighted by Gasteiger charge is -2.36. The van der Waals surface area contributed by atoms with Crippen molar-refractivity contribution in [3.63, 3.8) is 0 Å². The van der Waals surface area contributed by atoms with Crippen molar-refractivity contribution in [2.75, 3.05) is 11.9 Å². The van der Waals surface area contributed by atoms with Crippen molar-refractivity contribution < 1.29 is 9.15 Å². The number of hydrogen-bond donors (Lipinski definition) is 1. The van der Waals surface area contributed by atoms with Crippen molar-refractivity contribution in [3.8, 4) is 0 Å². The summed E-state index contributed by atoms with van der Waals surface area (Å²) in [6.45, 7) is 9.30. The maximum Gasteiger partial charge on any atom is 0.198 e. The molecule has 0 amide bonds. The van der Waals surface area contributed by atoms with Gasteiger partial charge in [0.15, 0.2) is 11.5 Å². The van der Waals surface area contributed by atoms with Crippen LogP contribution in [0.15, 0.2) is 22.6 Å². The summed E-state index contributed by atoms with van der Waals surface area (Å²) in [5.41, 5.74) is 2.85. The molecule has 21 heavy (non-hydrogen) atoms. The zero-order valence-corrected chi connectivity index (χ0v) is 13.3.